The summed E-state index contributed by atoms with van der Waals surface area (Å²) in [6.45, 7) is 2.23. The quantitative estimate of drug-likeness (QED) is 0.888. The van der Waals surface area contributed by atoms with Crippen LogP contribution in [0.3, 0.4) is 0 Å². The first-order valence-electron chi connectivity index (χ1n) is 5.40. The summed E-state index contributed by atoms with van der Waals surface area (Å²) in [5.41, 5.74) is 2.00. The summed E-state index contributed by atoms with van der Waals surface area (Å²) in [4.78, 5) is 1.29. The first-order chi connectivity index (χ1) is 8.20. The molecule has 0 saturated carbocycles. The molecule has 4 heteroatoms. The van der Waals surface area contributed by atoms with Gasteiger partial charge in [0.1, 0.15) is 0 Å². The van der Waals surface area contributed by atoms with Crippen LogP contribution in [0.4, 0.5) is 5.69 Å². The van der Waals surface area contributed by atoms with Gasteiger partial charge in [-0.25, -0.2) is 0 Å². The predicted octanol–water partition coefficient (Wildman–Crippen LogP) is 4.18. The summed E-state index contributed by atoms with van der Waals surface area (Å²) in [5.74, 6) is 0. The van der Waals surface area contributed by atoms with Gasteiger partial charge in [0.05, 0.1) is 12.6 Å². The molecule has 1 aromatic heterocycles. The molecular weight excluding hydrogens is 298 g/mol. The number of rotatable bonds is 4. The van der Waals surface area contributed by atoms with Crippen molar-refractivity contribution in [1.82, 2.24) is 0 Å². The van der Waals surface area contributed by atoms with Crippen molar-refractivity contribution in [1.29, 1.82) is 0 Å². The Balaban J connectivity index is 2.07. The van der Waals surface area contributed by atoms with Gasteiger partial charge in [-0.2, -0.15) is 0 Å². The largest absolute Gasteiger partial charge is 0.392 e. The van der Waals surface area contributed by atoms with Crippen LogP contribution in [-0.2, 0) is 6.61 Å². The van der Waals surface area contributed by atoms with Crippen molar-refractivity contribution in [3.05, 3.63) is 50.6 Å². The SMILES string of the molecule is CC(Nc1ccc(CO)cc1)c1sccc1Br. The Kier molecular flexibility index (Phi) is 4.20. The van der Waals surface area contributed by atoms with E-state index < -0.39 is 0 Å². The van der Waals surface area contributed by atoms with E-state index in [2.05, 4.69) is 39.6 Å². The standard InChI is InChI=1S/C13H14BrNOS/c1-9(13-12(14)6-7-17-13)15-11-4-2-10(8-16)3-5-11/h2-7,9,15-16H,8H2,1H3. The van der Waals surface area contributed by atoms with Crippen molar-refractivity contribution >= 4 is 33.0 Å². The number of benzene rings is 1. The molecule has 2 aromatic rings. The molecule has 0 bridgehead atoms. The molecule has 2 rings (SSSR count). The normalized spacial score (nSPS) is 12.4. The third-order valence-electron chi connectivity index (χ3n) is 2.56. The van der Waals surface area contributed by atoms with E-state index in [0.717, 1.165) is 15.7 Å². The number of thiophene rings is 1. The lowest BCUT2D eigenvalue weighted by Crippen LogP contribution is -2.05. The van der Waals surface area contributed by atoms with Crippen molar-refractivity contribution in [2.24, 2.45) is 0 Å². The van der Waals surface area contributed by atoms with Crippen molar-refractivity contribution in [2.75, 3.05) is 5.32 Å². The Morgan fingerprint density at radius 1 is 1.29 bits per heavy atom. The molecule has 2 N–H and O–H groups in total. The molecule has 17 heavy (non-hydrogen) atoms. The lowest BCUT2D eigenvalue weighted by atomic mass is 10.2. The van der Waals surface area contributed by atoms with E-state index in [1.54, 1.807) is 11.3 Å². The molecule has 2 nitrogen and oxygen atoms in total. The number of halogens is 1. The van der Waals surface area contributed by atoms with Crippen LogP contribution in [0.1, 0.15) is 23.4 Å². The highest BCUT2D eigenvalue weighted by Crippen LogP contribution is 2.30. The second kappa shape index (κ2) is 5.67. The molecule has 0 spiro atoms. The van der Waals surface area contributed by atoms with E-state index in [1.807, 2.05) is 24.3 Å². The molecule has 0 aliphatic carbocycles. The molecule has 1 unspecified atom stereocenters. The zero-order valence-corrected chi connectivity index (χ0v) is 11.9. The summed E-state index contributed by atoms with van der Waals surface area (Å²) in [5, 5.41) is 14.5. The van der Waals surface area contributed by atoms with E-state index in [0.29, 0.717) is 0 Å². The van der Waals surface area contributed by atoms with Gasteiger partial charge >= 0.3 is 0 Å². The minimum absolute atomic E-state index is 0.0896. The van der Waals surface area contributed by atoms with Crippen LogP contribution in [-0.4, -0.2) is 5.11 Å². The van der Waals surface area contributed by atoms with Crippen molar-refractivity contribution in [3.8, 4) is 0 Å². The molecule has 0 radical (unpaired) electrons. The maximum absolute atomic E-state index is 8.97. The van der Waals surface area contributed by atoms with Crippen molar-refractivity contribution in [3.63, 3.8) is 0 Å². The number of anilines is 1. The molecule has 0 aliphatic heterocycles. The first kappa shape index (κ1) is 12.6. The van der Waals surface area contributed by atoms with Gasteiger partial charge in [-0.1, -0.05) is 12.1 Å². The molecule has 1 heterocycles. The van der Waals surface area contributed by atoms with E-state index in [1.165, 1.54) is 4.88 Å². The fourth-order valence-corrected chi connectivity index (χ4v) is 3.36. The molecule has 0 saturated heterocycles. The summed E-state index contributed by atoms with van der Waals surface area (Å²) >= 11 is 5.28. The monoisotopic (exact) mass is 311 g/mol. The molecule has 0 fully saturated rings. The fourth-order valence-electron chi connectivity index (χ4n) is 1.64. The van der Waals surface area contributed by atoms with E-state index >= 15 is 0 Å². The molecule has 1 atom stereocenters. The maximum atomic E-state index is 8.97. The van der Waals surface area contributed by atoms with Crippen LogP contribution in [0.15, 0.2) is 40.2 Å². The molecular formula is C13H14BrNOS. The Labute approximate surface area is 113 Å². The Hall–Kier alpha value is -0.840. The van der Waals surface area contributed by atoms with Crippen molar-refractivity contribution < 1.29 is 5.11 Å². The van der Waals surface area contributed by atoms with Gasteiger partial charge in [-0.15, -0.1) is 11.3 Å². The second-order valence-corrected chi connectivity index (χ2v) is 5.66. The number of hydrogen-bond donors (Lipinski definition) is 2. The number of hydrogen-bond acceptors (Lipinski definition) is 3. The van der Waals surface area contributed by atoms with E-state index in [4.69, 9.17) is 5.11 Å². The summed E-state index contributed by atoms with van der Waals surface area (Å²) < 4.78 is 1.15. The first-order valence-corrected chi connectivity index (χ1v) is 7.07. The molecule has 1 aromatic carbocycles. The van der Waals surface area contributed by atoms with Gasteiger partial charge < -0.3 is 10.4 Å². The third-order valence-corrected chi connectivity index (χ3v) is 4.61. The fraction of sp³-hybridized carbons (Fsp3) is 0.231. The van der Waals surface area contributed by atoms with E-state index in [9.17, 15) is 0 Å². The van der Waals surface area contributed by atoms with Crippen LogP contribution in [0.5, 0.6) is 0 Å². The molecule has 0 aliphatic rings. The highest BCUT2D eigenvalue weighted by atomic mass is 79.9. The molecule has 90 valence electrons. The minimum atomic E-state index is 0.0896. The lowest BCUT2D eigenvalue weighted by Gasteiger charge is -2.14. The summed E-state index contributed by atoms with van der Waals surface area (Å²) in [7, 11) is 0. The Morgan fingerprint density at radius 3 is 2.53 bits per heavy atom. The highest BCUT2D eigenvalue weighted by molar-refractivity contribution is 9.10. The van der Waals surface area contributed by atoms with Gasteiger partial charge in [-0.05, 0) is 52.0 Å². The summed E-state index contributed by atoms with van der Waals surface area (Å²) in [6.07, 6.45) is 0. The van der Waals surface area contributed by atoms with Gasteiger partial charge in [0.25, 0.3) is 0 Å². The van der Waals surface area contributed by atoms with Crippen LogP contribution in [0.25, 0.3) is 0 Å². The Bertz CT molecular complexity index is 480. The lowest BCUT2D eigenvalue weighted by molar-refractivity contribution is 0.282. The van der Waals surface area contributed by atoms with Gasteiger partial charge in [0.2, 0.25) is 0 Å². The van der Waals surface area contributed by atoms with Gasteiger partial charge in [0.15, 0.2) is 0 Å². The second-order valence-electron chi connectivity index (χ2n) is 3.85. The third kappa shape index (κ3) is 3.09. The zero-order chi connectivity index (χ0) is 12.3. The van der Waals surface area contributed by atoms with Crippen LogP contribution >= 0.6 is 27.3 Å². The highest BCUT2D eigenvalue weighted by Gasteiger charge is 2.10. The smallest absolute Gasteiger partial charge is 0.0681 e. The predicted molar refractivity (Wildman–Crippen MR) is 76.4 cm³/mol. The number of aliphatic hydroxyl groups is 1. The Morgan fingerprint density at radius 2 is 2.00 bits per heavy atom. The van der Waals surface area contributed by atoms with E-state index in [-0.39, 0.29) is 12.6 Å². The average Bonchev–Trinajstić information content (AvgIpc) is 2.76. The average molecular weight is 312 g/mol. The van der Waals surface area contributed by atoms with Crippen LogP contribution < -0.4 is 5.32 Å². The topological polar surface area (TPSA) is 32.3 Å². The van der Waals surface area contributed by atoms with Gasteiger partial charge in [0, 0.05) is 15.0 Å². The number of aliphatic hydroxyl groups excluding tert-OH is 1. The summed E-state index contributed by atoms with van der Waals surface area (Å²) in [6, 6.07) is 10.2. The maximum Gasteiger partial charge on any atom is 0.0681 e. The molecule has 0 amide bonds. The zero-order valence-electron chi connectivity index (χ0n) is 9.48. The minimum Gasteiger partial charge on any atom is -0.392 e. The van der Waals surface area contributed by atoms with Crippen molar-refractivity contribution in [2.45, 2.75) is 19.6 Å². The number of nitrogens with one attached hydrogen (secondary N) is 1. The van der Waals surface area contributed by atoms with Gasteiger partial charge in [-0.3, -0.25) is 0 Å². The van der Waals surface area contributed by atoms with Crippen LogP contribution in [0, 0.1) is 0 Å². The van der Waals surface area contributed by atoms with Crippen LogP contribution in [0.2, 0.25) is 0 Å².